The van der Waals surface area contributed by atoms with Crippen LogP contribution in [0.2, 0.25) is 0 Å². The van der Waals surface area contributed by atoms with Gasteiger partial charge in [0.05, 0.1) is 18.4 Å². The van der Waals surface area contributed by atoms with Gasteiger partial charge in [0, 0.05) is 14.1 Å². The summed E-state index contributed by atoms with van der Waals surface area (Å²) in [6, 6.07) is 4.61. The van der Waals surface area contributed by atoms with Gasteiger partial charge in [-0.1, -0.05) is 6.07 Å². The van der Waals surface area contributed by atoms with Crippen LogP contribution in [0.3, 0.4) is 0 Å². The molecule has 0 fully saturated rings. The molecule has 0 unspecified atom stereocenters. The highest BCUT2D eigenvalue weighted by molar-refractivity contribution is 5.90. The number of ether oxygens (including phenoxy) is 1. The Balaban J connectivity index is 3.20. The van der Waals surface area contributed by atoms with Gasteiger partial charge in [0.25, 0.3) is 0 Å². The summed E-state index contributed by atoms with van der Waals surface area (Å²) in [5, 5.41) is 0. The summed E-state index contributed by atoms with van der Waals surface area (Å²) in [5.74, 6) is -1.21. The maximum atomic E-state index is 13.6. The smallest absolute Gasteiger partial charge is 0.340 e. The van der Waals surface area contributed by atoms with Crippen LogP contribution in [0.1, 0.15) is 10.4 Å². The number of benzene rings is 1. The van der Waals surface area contributed by atoms with Crippen molar-refractivity contribution in [1.82, 2.24) is 0 Å². The summed E-state index contributed by atoms with van der Waals surface area (Å²) in [6.45, 7) is 0. The van der Waals surface area contributed by atoms with Gasteiger partial charge < -0.3 is 9.64 Å². The fraction of sp³-hybridized carbons (Fsp3) is 0.300. The zero-order valence-corrected chi connectivity index (χ0v) is 8.37. The highest BCUT2D eigenvalue weighted by atomic mass is 19.1. The molecule has 1 aromatic rings. The van der Waals surface area contributed by atoms with E-state index in [0.717, 1.165) is 0 Å². The monoisotopic (exact) mass is 197 g/mol. The van der Waals surface area contributed by atoms with Crippen LogP contribution in [-0.4, -0.2) is 27.2 Å². The van der Waals surface area contributed by atoms with E-state index in [-0.39, 0.29) is 5.56 Å². The number of halogens is 1. The lowest BCUT2D eigenvalue weighted by Crippen LogP contribution is -2.13. The summed E-state index contributed by atoms with van der Waals surface area (Å²) in [6.07, 6.45) is 0. The predicted octanol–water partition coefficient (Wildman–Crippen LogP) is 1.68. The number of methoxy groups -OCH3 is 1. The Morgan fingerprint density at radius 2 is 2.07 bits per heavy atom. The van der Waals surface area contributed by atoms with E-state index >= 15 is 0 Å². The molecule has 0 heterocycles. The van der Waals surface area contributed by atoms with Gasteiger partial charge >= 0.3 is 5.97 Å². The zero-order chi connectivity index (χ0) is 10.7. The number of anilines is 1. The van der Waals surface area contributed by atoms with Crippen molar-refractivity contribution in [1.29, 1.82) is 0 Å². The average Bonchev–Trinajstić information content (AvgIpc) is 2.16. The molecule has 0 aliphatic heterocycles. The van der Waals surface area contributed by atoms with Gasteiger partial charge in [0.15, 0.2) is 5.82 Å². The molecule has 0 aliphatic carbocycles. The lowest BCUT2D eigenvalue weighted by molar-refractivity contribution is 0.0595. The van der Waals surface area contributed by atoms with Gasteiger partial charge in [0.1, 0.15) is 0 Å². The molecule has 76 valence electrons. The van der Waals surface area contributed by atoms with E-state index in [0.29, 0.717) is 5.69 Å². The molecule has 0 spiro atoms. The van der Waals surface area contributed by atoms with E-state index in [1.54, 1.807) is 31.1 Å². The SMILES string of the molecule is COC(=O)c1cccc(N(C)C)c1F. The largest absolute Gasteiger partial charge is 0.465 e. The van der Waals surface area contributed by atoms with Crippen LogP contribution in [0.4, 0.5) is 10.1 Å². The molecule has 0 aliphatic rings. The quantitative estimate of drug-likeness (QED) is 0.675. The van der Waals surface area contributed by atoms with Gasteiger partial charge in [-0.15, -0.1) is 0 Å². The summed E-state index contributed by atoms with van der Waals surface area (Å²) in [5.41, 5.74) is 0.326. The van der Waals surface area contributed by atoms with Crippen molar-refractivity contribution in [3.63, 3.8) is 0 Å². The first-order chi connectivity index (χ1) is 6.57. The summed E-state index contributed by atoms with van der Waals surface area (Å²) in [4.78, 5) is 12.7. The van der Waals surface area contributed by atoms with Gasteiger partial charge in [-0.25, -0.2) is 9.18 Å². The van der Waals surface area contributed by atoms with Crippen molar-refractivity contribution in [2.24, 2.45) is 0 Å². The predicted molar refractivity (Wildman–Crippen MR) is 52.1 cm³/mol. The molecule has 1 rings (SSSR count). The number of rotatable bonds is 2. The van der Waals surface area contributed by atoms with Crippen molar-refractivity contribution >= 4 is 11.7 Å². The van der Waals surface area contributed by atoms with E-state index in [9.17, 15) is 9.18 Å². The molecule has 0 N–H and O–H groups in total. The highest BCUT2D eigenvalue weighted by Gasteiger charge is 2.15. The topological polar surface area (TPSA) is 29.5 Å². The Labute approximate surface area is 82.1 Å². The number of esters is 1. The van der Waals surface area contributed by atoms with Gasteiger partial charge in [-0.2, -0.15) is 0 Å². The van der Waals surface area contributed by atoms with Crippen molar-refractivity contribution in [3.05, 3.63) is 29.6 Å². The van der Waals surface area contributed by atoms with E-state index in [2.05, 4.69) is 4.74 Å². The standard InChI is InChI=1S/C10H12FNO2/c1-12(2)8-6-4-5-7(9(8)11)10(13)14-3/h4-6H,1-3H3. The van der Waals surface area contributed by atoms with Gasteiger partial charge in [0.2, 0.25) is 0 Å². The molecule has 0 bridgehead atoms. The number of carbonyl (C=O) groups is 1. The van der Waals surface area contributed by atoms with Crippen LogP contribution in [0.25, 0.3) is 0 Å². The number of carbonyl (C=O) groups excluding carboxylic acids is 1. The Bertz CT molecular complexity index is 350. The number of nitrogens with zero attached hydrogens (tertiary/aromatic N) is 1. The van der Waals surface area contributed by atoms with Crippen molar-refractivity contribution in [2.75, 3.05) is 26.1 Å². The van der Waals surface area contributed by atoms with Crippen LogP contribution < -0.4 is 4.90 Å². The molecule has 0 atom stereocenters. The minimum absolute atomic E-state index is 0.0429. The first-order valence-electron chi connectivity index (χ1n) is 4.12. The zero-order valence-electron chi connectivity index (χ0n) is 8.37. The minimum Gasteiger partial charge on any atom is -0.465 e. The molecular weight excluding hydrogens is 185 g/mol. The molecule has 1 aromatic carbocycles. The molecule has 0 radical (unpaired) electrons. The molecule has 4 heteroatoms. The molecular formula is C10H12FNO2. The van der Waals surface area contributed by atoms with Crippen molar-refractivity contribution < 1.29 is 13.9 Å². The summed E-state index contributed by atoms with van der Waals surface area (Å²) < 4.78 is 18.1. The fourth-order valence-corrected chi connectivity index (χ4v) is 1.13. The lowest BCUT2D eigenvalue weighted by Gasteiger charge is -2.14. The highest BCUT2D eigenvalue weighted by Crippen LogP contribution is 2.20. The maximum Gasteiger partial charge on any atom is 0.340 e. The van der Waals surface area contributed by atoms with Crippen LogP contribution >= 0.6 is 0 Å². The number of hydrogen-bond donors (Lipinski definition) is 0. The molecule has 14 heavy (non-hydrogen) atoms. The Morgan fingerprint density at radius 1 is 1.43 bits per heavy atom. The average molecular weight is 197 g/mol. The van der Waals surface area contributed by atoms with Crippen molar-refractivity contribution in [3.8, 4) is 0 Å². The Kier molecular flexibility index (Phi) is 3.06. The second-order valence-corrected chi connectivity index (χ2v) is 3.02. The molecule has 0 saturated heterocycles. The summed E-state index contributed by atoms with van der Waals surface area (Å²) >= 11 is 0. The van der Waals surface area contributed by atoms with E-state index < -0.39 is 11.8 Å². The summed E-state index contributed by atoms with van der Waals surface area (Å²) in [7, 11) is 4.64. The molecule has 0 saturated carbocycles. The van der Waals surface area contributed by atoms with Crippen LogP contribution in [-0.2, 0) is 4.74 Å². The van der Waals surface area contributed by atoms with E-state index in [1.165, 1.54) is 13.2 Å². The van der Waals surface area contributed by atoms with Crippen LogP contribution in [0, 0.1) is 5.82 Å². The van der Waals surface area contributed by atoms with Crippen LogP contribution in [0.5, 0.6) is 0 Å². The minimum atomic E-state index is -0.661. The first-order valence-corrected chi connectivity index (χ1v) is 4.12. The van der Waals surface area contributed by atoms with Crippen LogP contribution in [0.15, 0.2) is 18.2 Å². The third-order valence-electron chi connectivity index (χ3n) is 1.87. The first kappa shape index (κ1) is 10.5. The molecule has 3 nitrogen and oxygen atoms in total. The van der Waals surface area contributed by atoms with E-state index in [1.807, 2.05) is 0 Å². The second kappa shape index (κ2) is 4.09. The fourth-order valence-electron chi connectivity index (χ4n) is 1.13. The Morgan fingerprint density at radius 3 is 2.57 bits per heavy atom. The normalized spacial score (nSPS) is 9.71. The second-order valence-electron chi connectivity index (χ2n) is 3.02. The van der Waals surface area contributed by atoms with E-state index in [4.69, 9.17) is 0 Å². The lowest BCUT2D eigenvalue weighted by atomic mass is 10.2. The molecule has 0 amide bonds. The van der Waals surface area contributed by atoms with Gasteiger partial charge in [-0.3, -0.25) is 0 Å². The molecule has 0 aromatic heterocycles. The van der Waals surface area contributed by atoms with Gasteiger partial charge in [-0.05, 0) is 12.1 Å². The Hall–Kier alpha value is -1.58. The van der Waals surface area contributed by atoms with Crippen molar-refractivity contribution in [2.45, 2.75) is 0 Å². The maximum absolute atomic E-state index is 13.6. The third kappa shape index (κ3) is 1.84. The third-order valence-corrected chi connectivity index (χ3v) is 1.87. The number of hydrogen-bond acceptors (Lipinski definition) is 3.